The number of methoxy groups -OCH3 is 2. The Kier molecular flexibility index (Phi) is 5.88. The van der Waals surface area contributed by atoms with E-state index in [1.807, 2.05) is 18.2 Å². The van der Waals surface area contributed by atoms with Crippen LogP contribution in [0.5, 0.6) is 17.2 Å². The summed E-state index contributed by atoms with van der Waals surface area (Å²) in [7, 11) is 3.11. The number of hydrogen-bond acceptors (Lipinski definition) is 4. The molecule has 1 aromatic heterocycles. The summed E-state index contributed by atoms with van der Waals surface area (Å²) < 4.78 is 41.7. The maximum atomic E-state index is 12.5. The van der Waals surface area contributed by atoms with Gasteiger partial charge in [-0.2, -0.15) is 13.3 Å². The van der Waals surface area contributed by atoms with Crippen molar-refractivity contribution in [2.24, 2.45) is 0 Å². The number of carbonyl (C=O) groups excluding carboxylic acids is 1. The summed E-state index contributed by atoms with van der Waals surface area (Å²) in [6.07, 6.45) is 3.54. The number of alkyl halides is 2. The Hall–Kier alpha value is -3.42. The molecule has 1 amide bonds. The molecule has 0 fully saturated rings. The number of amides is 1. The predicted octanol–water partition coefficient (Wildman–Crippen LogP) is 3.38. The minimum atomic E-state index is -2.97. The second-order valence-corrected chi connectivity index (χ2v) is 5.88. The fourth-order valence-electron chi connectivity index (χ4n) is 2.79. The van der Waals surface area contributed by atoms with Crippen molar-refractivity contribution in [1.82, 2.24) is 0 Å². The number of carbonyl (C=O) groups is 1. The molecular weight excluding hydrogens is 370 g/mol. The predicted molar refractivity (Wildman–Crippen MR) is 99.0 cm³/mol. The van der Waals surface area contributed by atoms with Crippen LogP contribution in [0.4, 0.5) is 14.5 Å². The summed E-state index contributed by atoms with van der Waals surface area (Å²) >= 11 is 0. The molecule has 6 nitrogen and oxygen atoms in total. The third-order valence-corrected chi connectivity index (χ3v) is 4.04. The third-order valence-electron chi connectivity index (χ3n) is 4.04. The molecule has 0 spiro atoms. The van der Waals surface area contributed by atoms with Crippen LogP contribution in [0.2, 0.25) is 0 Å². The molecule has 0 saturated carbocycles. The van der Waals surface area contributed by atoms with E-state index in [4.69, 9.17) is 9.47 Å². The first-order chi connectivity index (χ1) is 13.5. The van der Waals surface area contributed by atoms with Crippen molar-refractivity contribution < 1.29 is 32.4 Å². The lowest BCUT2D eigenvalue weighted by Crippen LogP contribution is -2.39. The van der Waals surface area contributed by atoms with Gasteiger partial charge in [-0.1, -0.05) is 12.1 Å². The number of halogens is 2. The SMILES string of the molecule is COc1cc2cc[n+](CC(=O)Nc3ccccc3OC(F)F)cc2cc1OC. The van der Waals surface area contributed by atoms with Gasteiger partial charge in [0.2, 0.25) is 6.54 Å². The molecule has 0 unspecified atom stereocenters. The van der Waals surface area contributed by atoms with Gasteiger partial charge in [-0.25, -0.2) is 0 Å². The first-order valence-electron chi connectivity index (χ1n) is 8.38. The molecule has 0 aliphatic carbocycles. The molecule has 28 heavy (non-hydrogen) atoms. The highest BCUT2D eigenvalue weighted by Crippen LogP contribution is 2.31. The van der Waals surface area contributed by atoms with Gasteiger partial charge >= 0.3 is 6.61 Å². The van der Waals surface area contributed by atoms with E-state index in [2.05, 4.69) is 10.1 Å². The Labute approximate surface area is 160 Å². The van der Waals surface area contributed by atoms with Gasteiger partial charge in [-0.05, 0) is 29.7 Å². The van der Waals surface area contributed by atoms with Crippen LogP contribution in [0.25, 0.3) is 10.8 Å². The highest BCUT2D eigenvalue weighted by molar-refractivity contribution is 5.91. The molecular formula is C20H19F2N2O4+. The van der Waals surface area contributed by atoms with E-state index in [-0.39, 0.29) is 23.9 Å². The lowest BCUT2D eigenvalue weighted by molar-refractivity contribution is -0.682. The van der Waals surface area contributed by atoms with Crippen molar-refractivity contribution in [3.05, 3.63) is 54.9 Å². The topological polar surface area (TPSA) is 60.7 Å². The highest BCUT2D eigenvalue weighted by Gasteiger charge is 2.16. The van der Waals surface area contributed by atoms with Crippen LogP contribution in [0, 0.1) is 0 Å². The molecule has 0 saturated heterocycles. The molecule has 146 valence electrons. The van der Waals surface area contributed by atoms with E-state index in [9.17, 15) is 13.6 Å². The van der Waals surface area contributed by atoms with Crippen LogP contribution < -0.4 is 24.1 Å². The fraction of sp³-hybridized carbons (Fsp3) is 0.200. The number of ether oxygens (including phenoxy) is 3. The van der Waals surface area contributed by atoms with Crippen molar-refractivity contribution in [2.75, 3.05) is 19.5 Å². The van der Waals surface area contributed by atoms with Gasteiger partial charge in [0.25, 0.3) is 5.91 Å². The smallest absolute Gasteiger partial charge is 0.387 e. The Bertz CT molecular complexity index is 995. The standard InChI is InChI=1S/C20H18F2N2O4/c1-26-17-9-13-7-8-24(11-14(13)10-18(17)27-2)12-19(25)23-15-5-3-4-6-16(15)28-20(21)22/h3-11,20H,12H2,1-2H3/p+1. The second-order valence-electron chi connectivity index (χ2n) is 5.88. The quantitative estimate of drug-likeness (QED) is 0.630. The maximum absolute atomic E-state index is 12.5. The van der Waals surface area contributed by atoms with Crippen LogP contribution >= 0.6 is 0 Å². The van der Waals surface area contributed by atoms with Crippen molar-refractivity contribution in [2.45, 2.75) is 13.2 Å². The van der Waals surface area contributed by atoms with Crippen molar-refractivity contribution >= 4 is 22.4 Å². The molecule has 3 rings (SSSR count). The van der Waals surface area contributed by atoms with E-state index in [0.717, 1.165) is 10.8 Å². The molecule has 0 aliphatic heterocycles. The van der Waals surface area contributed by atoms with E-state index in [0.29, 0.717) is 11.5 Å². The van der Waals surface area contributed by atoms with Gasteiger partial charge in [-0.3, -0.25) is 4.79 Å². The van der Waals surface area contributed by atoms with E-state index in [1.165, 1.54) is 12.1 Å². The van der Waals surface area contributed by atoms with E-state index >= 15 is 0 Å². The fourth-order valence-corrected chi connectivity index (χ4v) is 2.79. The summed E-state index contributed by atoms with van der Waals surface area (Å²) in [5.74, 6) is 0.720. The lowest BCUT2D eigenvalue weighted by Gasteiger charge is -2.11. The Morgan fingerprint density at radius 2 is 1.71 bits per heavy atom. The van der Waals surface area contributed by atoms with Crippen LogP contribution in [-0.2, 0) is 11.3 Å². The molecule has 0 radical (unpaired) electrons. The molecule has 2 aromatic carbocycles. The Morgan fingerprint density at radius 1 is 1.04 bits per heavy atom. The van der Waals surface area contributed by atoms with Crippen molar-refractivity contribution in [3.63, 3.8) is 0 Å². The number of hydrogen-bond donors (Lipinski definition) is 1. The largest absolute Gasteiger partial charge is 0.493 e. The number of nitrogens with zero attached hydrogens (tertiary/aromatic N) is 1. The third kappa shape index (κ3) is 4.46. The normalized spacial score (nSPS) is 10.8. The Morgan fingerprint density at radius 3 is 2.39 bits per heavy atom. The van der Waals surface area contributed by atoms with Crippen molar-refractivity contribution in [1.29, 1.82) is 0 Å². The molecule has 1 N–H and O–H groups in total. The summed E-state index contributed by atoms with van der Waals surface area (Å²) in [6.45, 7) is -2.98. The van der Waals surface area contributed by atoms with Crippen LogP contribution in [0.3, 0.4) is 0 Å². The summed E-state index contributed by atoms with van der Waals surface area (Å²) in [5, 5.41) is 4.37. The number of para-hydroxylation sites is 2. The zero-order valence-corrected chi connectivity index (χ0v) is 15.3. The van der Waals surface area contributed by atoms with Gasteiger partial charge < -0.3 is 19.5 Å². The molecule has 0 atom stereocenters. The number of pyridine rings is 1. The van der Waals surface area contributed by atoms with Crippen LogP contribution in [-0.4, -0.2) is 26.7 Å². The van der Waals surface area contributed by atoms with Gasteiger partial charge in [-0.15, -0.1) is 0 Å². The first-order valence-corrected chi connectivity index (χ1v) is 8.38. The summed E-state index contributed by atoms with van der Waals surface area (Å²) in [4.78, 5) is 12.4. The van der Waals surface area contributed by atoms with Gasteiger partial charge in [0.05, 0.1) is 19.9 Å². The summed E-state index contributed by atoms with van der Waals surface area (Å²) in [6, 6.07) is 11.5. The summed E-state index contributed by atoms with van der Waals surface area (Å²) in [5.41, 5.74) is 0.181. The van der Waals surface area contributed by atoms with E-state index in [1.54, 1.807) is 43.3 Å². The lowest BCUT2D eigenvalue weighted by atomic mass is 10.1. The Balaban J connectivity index is 1.78. The number of nitrogens with one attached hydrogen (secondary N) is 1. The monoisotopic (exact) mass is 389 g/mol. The maximum Gasteiger partial charge on any atom is 0.387 e. The molecule has 0 aliphatic rings. The number of rotatable bonds is 7. The average Bonchev–Trinajstić information content (AvgIpc) is 2.67. The first kappa shape index (κ1) is 19.3. The zero-order chi connectivity index (χ0) is 20.1. The highest BCUT2D eigenvalue weighted by atomic mass is 19.3. The molecule has 3 aromatic rings. The van der Waals surface area contributed by atoms with Gasteiger partial charge in [0.1, 0.15) is 5.75 Å². The minimum Gasteiger partial charge on any atom is -0.493 e. The average molecular weight is 389 g/mol. The number of fused-ring (bicyclic) bond motifs is 1. The number of benzene rings is 2. The second kappa shape index (κ2) is 8.51. The van der Waals surface area contributed by atoms with Crippen LogP contribution in [0.1, 0.15) is 0 Å². The number of anilines is 1. The van der Waals surface area contributed by atoms with Gasteiger partial charge in [0, 0.05) is 11.5 Å². The van der Waals surface area contributed by atoms with E-state index < -0.39 is 6.61 Å². The molecule has 8 heteroatoms. The van der Waals surface area contributed by atoms with Crippen molar-refractivity contribution in [3.8, 4) is 17.2 Å². The zero-order valence-electron chi connectivity index (χ0n) is 15.3. The van der Waals surface area contributed by atoms with Gasteiger partial charge in [0.15, 0.2) is 23.9 Å². The molecule has 1 heterocycles. The minimum absolute atomic E-state index is 0.00665. The molecule has 0 bridgehead atoms. The number of aromatic nitrogens is 1. The van der Waals surface area contributed by atoms with Crippen LogP contribution in [0.15, 0.2) is 54.9 Å².